The third-order valence-corrected chi connectivity index (χ3v) is 2.72. The lowest BCUT2D eigenvalue weighted by Gasteiger charge is -2.14. The van der Waals surface area contributed by atoms with Crippen molar-refractivity contribution in [3.63, 3.8) is 0 Å². The van der Waals surface area contributed by atoms with Crippen LogP contribution in [0.5, 0.6) is 11.5 Å². The molecule has 1 aromatic carbocycles. The maximum atomic E-state index is 5.57. The van der Waals surface area contributed by atoms with Gasteiger partial charge >= 0.3 is 0 Å². The number of nitrogens with two attached hydrogens (primary N) is 1. The Morgan fingerprint density at radius 3 is 2.53 bits per heavy atom. The Morgan fingerprint density at radius 2 is 2.00 bits per heavy atom. The summed E-state index contributed by atoms with van der Waals surface area (Å²) in [5, 5.41) is 3.92. The van der Waals surface area contributed by atoms with E-state index in [1.807, 2.05) is 12.1 Å². The van der Waals surface area contributed by atoms with Crippen molar-refractivity contribution in [2.45, 2.75) is 6.61 Å². The summed E-state index contributed by atoms with van der Waals surface area (Å²) in [4.78, 5) is 0. The second kappa shape index (κ2) is 5.62. The van der Waals surface area contributed by atoms with E-state index < -0.39 is 0 Å². The topological polar surface area (TPSA) is 79.7 Å². The fourth-order valence-electron chi connectivity index (χ4n) is 1.93. The highest BCUT2D eigenvalue weighted by atomic mass is 16.5. The van der Waals surface area contributed by atoms with E-state index in [2.05, 4.69) is 5.16 Å². The lowest BCUT2D eigenvalue weighted by atomic mass is 10.0. The molecule has 6 heteroatoms. The molecule has 0 unspecified atom stereocenters. The van der Waals surface area contributed by atoms with Gasteiger partial charge < -0.3 is 24.5 Å². The molecule has 1 aromatic heterocycles. The van der Waals surface area contributed by atoms with E-state index in [1.165, 1.54) is 0 Å². The van der Waals surface area contributed by atoms with Gasteiger partial charge in [0.05, 0.1) is 26.4 Å². The highest BCUT2D eigenvalue weighted by Crippen LogP contribution is 2.40. The average molecular weight is 264 g/mol. The van der Waals surface area contributed by atoms with Crippen LogP contribution in [0.15, 0.2) is 22.7 Å². The van der Waals surface area contributed by atoms with Gasteiger partial charge in [0.2, 0.25) is 5.88 Å². The number of rotatable bonds is 5. The quantitative estimate of drug-likeness (QED) is 0.890. The number of benzene rings is 1. The lowest BCUT2D eigenvalue weighted by Crippen LogP contribution is -1.99. The van der Waals surface area contributed by atoms with Crippen LogP contribution in [0.3, 0.4) is 0 Å². The summed E-state index contributed by atoms with van der Waals surface area (Å²) in [5.74, 6) is 1.42. The van der Waals surface area contributed by atoms with Crippen LogP contribution in [0, 0.1) is 0 Å². The molecule has 2 N–H and O–H groups in total. The molecule has 0 saturated heterocycles. The van der Waals surface area contributed by atoms with Crippen molar-refractivity contribution < 1.29 is 18.7 Å². The monoisotopic (exact) mass is 264 g/mol. The molecule has 0 atom stereocenters. The van der Waals surface area contributed by atoms with Gasteiger partial charge in [-0.1, -0.05) is 11.2 Å². The van der Waals surface area contributed by atoms with Crippen LogP contribution < -0.4 is 15.2 Å². The van der Waals surface area contributed by atoms with E-state index >= 15 is 0 Å². The van der Waals surface area contributed by atoms with Crippen LogP contribution in [-0.4, -0.2) is 26.5 Å². The first-order valence-corrected chi connectivity index (χ1v) is 5.66. The number of nitrogens with zero attached hydrogens (tertiary/aromatic N) is 1. The zero-order chi connectivity index (χ0) is 13.8. The van der Waals surface area contributed by atoms with Crippen molar-refractivity contribution in [2.24, 2.45) is 0 Å². The summed E-state index contributed by atoms with van der Waals surface area (Å²) in [6.45, 7) is 0.419. The third-order valence-electron chi connectivity index (χ3n) is 2.72. The van der Waals surface area contributed by atoms with Gasteiger partial charge in [0.1, 0.15) is 5.69 Å². The molecule has 0 aliphatic carbocycles. The largest absolute Gasteiger partial charge is 0.493 e. The SMILES string of the molecule is COCc1ccc(OC)c(OC)c1-c1cc(N)on1. The van der Waals surface area contributed by atoms with Crippen LogP contribution in [-0.2, 0) is 11.3 Å². The van der Waals surface area contributed by atoms with Gasteiger partial charge in [0.15, 0.2) is 11.5 Å². The van der Waals surface area contributed by atoms with Crippen LogP contribution in [0.1, 0.15) is 5.56 Å². The number of aromatic nitrogens is 1. The van der Waals surface area contributed by atoms with Crippen molar-refractivity contribution in [3.05, 3.63) is 23.8 Å². The first kappa shape index (κ1) is 13.2. The molecule has 6 nitrogen and oxygen atoms in total. The van der Waals surface area contributed by atoms with E-state index in [9.17, 15) is 0 Å². The standard InChI is InChI=1S/C13H16N2O4/c1-16-7-8-4-5-10(17-2)13(18-3)12(8)9-6-11(14)19-15-9/h4-6H,7,14H2,1-3H3. The van der Waals surface area contributed by atoms with Crippen LogP contribution in [0.2, 0.25) is 0 Å². The third kappa shape index (κ3) is 2.48. The van der Waals surface area contributed by atoms with Crippen LogP contribution in [0.4, 0.5) is 5.88 Å². The summed E-state index contributed by atoms with van der Waals surface area (Å²) in [6.07, 6.45) is 0. The van der Waals surface area contributed by atoms with Gasteiger partial charge in [-0.2, -0.15) is 0 Å². The Morgan fingerprint density at radius 1 is 1.21 bits per heavy atom. The molecule has 19 heavy (non-hydrogen) atoms. The highest BCUT2D eigenvalue weighted by Gasteiger charge is 2.19. The number of nitrogen functional groups attached to an aromatic ring is 1. The molecule has 102 valence electrons. The molecule has 0 bridgehead atoms. The average Bonchev–Trinajstić information content (AvgIpc) is 2.84. The minimum absolute atomic E-state index is 0.239. The van der Waals surface area contributed by atoms with Gasteiger partial charge in [-0.3, -0.25) is 0 Å². The summed E-state index contributed by atoms with van der Waals surface area (Å²) in [7, 11) is 4.77. The Kier molecular flexibility index (Phi) is 3.91. The van der Waals surface area contributed by atoms with Crippen LogP contribution >= 0.6 is 0 Å². The minimum Gasteiger partial charge on any atom is -0.493 e. The van der Waals surface area contributed by atoms with E-state index in [4.69, 9.17) is 24.5 Å². The number of anilines is 1. The second-order valence-corrected chi connectivity index (χ2v) is 3.88. The van der Waals surface area contributed by atoms with Gasteiger partial charge in [0, 0.05) is 13.2 Å². The van der Waals surface area contributed by atoms with Crippen molar-refractivity contribution in [2.75, 3.05) is 27.1 Å². The van der Waals surface area contributed by atoms with E-state index in [-0.39, 0.29) is 5.88 Å². The highest BCUT2D eigenvalue weighted by molar-refractivity contribution is 5.75. The Labute approximate surface area is 111 Å². The molecule has 0 saturated carbocycles. The number of hydrogen-bond acceptors (Lipinski definition) is 6. The smallest absolute Gasteiger partial charge is 0.222 e. The fraction of sp³-hybridized carbons (Fsp3) is 0.308. The van der Waals surface area contributed by atoms with Crippen LogP contribution in [0.25, 0.3) is 11.3 Å². The van der Waals surface area contributed by atoms with E-state index in [0.717, 1.165) is 11.1 Å². The molecule has 2 aromatic rings. The maximum Gasteiger partial charge on any atom is 0.222 e. The number of methoxy groups -OCH3 is 3. The Balaban J connectivity index is 2.64. The fourth-order valence-corrected chi connectivity index (χ4v) is 1.93. The Hall–Kier alpha value is -2.21. The molecule has 0 spiro atoms. The molecule has 0 aliphatic heterocycles. The Bertz CT molecular complexity index is 566. The first-order chi connectivity index (χ1) is 9.21. The summed E-state index contributed by atoms with van der Waals surface area (Å²) in [5.41, 5.74) is 7.82. The number of ether oxygens (including phenoxy) is 3. The van der Waals surface area contributed by atoms with Gasteiger partial charge in [-0.05, 0) is 11.6 Å². The molecule has 0 amide bonds. The predicted octanol–water partition coefficient (Wildman–Crippen LogP) is 2.09. The molecular weight excluding hydrogens is 248 g/mol. The number of hydrogen-bond donors (Lipinski definition) is 1. The second-order valence-electron chi connectivity index (χ2n) is 3.88. The first-order valence-electron chi connectivity index (χ1n) is 5.66. The zero-order valence-electron chi connectivity index (χ0n) is 11.1. The molecule has 0 radical (unpaired) electrons. The lowest BCUT2D eigenvalue weighted by molar-refractivity contribution is 0.185. The molecular formula is C13H16N2O4. The summed E-state index contributed by atoms with van der Waals surface area (Å²) >= 11 is 0. The van der Waals surface area contributed by atoms with Gasteiger partial charge in [0.25, 0.3) is 0 Å². The van der Waals surface area contributed by atoms with Gasteiger partial charge in [-0.25, -0.2) is 0 Å². The van der Waals surface area contributed by atoms with Gasteiger partial charge in [-0.15, -0.1) is 0 Å². The van der Waals surface area contributed by atoms with Crippen molar-refractivity contribution >= 4 is 5.88 Å². The molecule has 0 fully saturated rings. The normalized spacial score (nSPS) is 10.5. The van der Waals surface area contributed by atoms with E-state index in [0.29, 0.717) is 23.8 Å². The molecule has 2 rings (SSSR count). The van der Waals surface area contributed by atoms with Crippen molar-refractivity contribution in [1.29, 1.82) is 0 Å². The molecule has 1 heterocycles. The zero-order valence-corrected chi connectivity index (χ0v) is 11.1. The van der Waals surface area contributed by atoms with Crippen molar-refractivity contribution in [3.8, 4) is 22.8 Å². The summed E-state index contributed by atoms with van der Waals surface area (Å²) in [6, 6.07) is 5.35. The van der Waals surface area contributed by atoms with Crippen molar-refractivity contribution in [1.82, 2.24) is 5.16 Å². The van der Waals surface area contributed by atoms with E-state index in [1.54, 1.807) is 27.4 Å². The minimum atomic E-state index is 0.239. The summed E-state index contributed by atoms with van der Waals surface area (Å²) < 4.78 is 20.8. The predicted molar refractivity (Wildman–Crippen MR) is 70.2 cm³/mol. The molecule has 0 aliphatic rings. The maximum absolute atomic E-state index is 5.57.